The van der Waals surface area contributed by atoms with E-state index in [2.05, 4.69) is 4.98 Å². The molecule has 1 aliphatic heterocycles. The number of morpholine rings is 1. The monoisotopic (exact) mass is 349 g/mol. The molecule has 1 fully saturated rings. The molecule has 0 saturated carbocycles. The number of amides is 1. The molecule has 0 radical (unpaired) electrons. The number of benzene rings is 1. The third-order valence-corrected chi connectivity index (χ3v) is 5.05. The Labute approximate surface area is 140 Å². The van der Waals surface area contributed by atoms with Crippen LogP contribution in [0.3, 0.4) is 0 Å². The van der Waals surface area contributed by atoms with Gasteiger partial charge < -0.3 is 9.64 Å². The molecule has 0 atom stereocenters. The zero-order chi connectivity index (χ0) is 17.2. The van der Waals surface area contributed by atoms with Crippen LogP contribution >= 0.6 is 0 Å². The molecule has 0 bridgehead atoms. The third-order valence-electron chi connectivity index (χ3n) is 3.91. The maximum atomic E-state index is 12.4. The summed E-state index contributed by atoms with van der Waals surface area (Å²) in [5.41, 5.74) is 1.16. The van der Waals surface area contributed by atoms with Crippen molar-refractivity contribution in [2.75, 3.05) is 43.4 Å². The topological polar surface area (TPSA) is 79.8 Å². The third kappa shape index (κ3) is 3.65. The van der Waals surface area contributed by atoms with Gasteiger partial charge in [0.15, 0.2) is 0 Å². The lowest BCUT2D eigenvalue weighted by molar-refractivity contribution is -0.133. The Balaban J connectivity index is 1.89. The fourth-order valence-corrected chi connectivity index (χ4v) is 3.46. The highest BCUT2D eigenvalue weighted by Gasteiger charge is 2.25. The minimum Gasteiger partial charge on any atom is -0.378 e. The molecule has 0 aliphatic carbocycles. The molecule has 1 aromatic carbocycles. The number of pyridine rings is 1. The highest BCUT2D eigenvalue weighted by molar-refractivity contribution is 7.92. The van der Waals surface area contributed by atoms with Crippen LogP contribution in [0, 0.1) is 0 Å². The number of nitrogens with zero attached hydrogens (tertiary/aromatic N) is 3. The Hall–Kier alpha value is -2.19. The fourth-order valence-electron chi connectivity index (χ4n) is 2.63. The summed E-state index contributed by atoms with van der Waals surface area (Å²) < 4.78 is 30.7. The van der Waals surface area contributed by atoms with E-state index in [1.165, 1.54) is 6.20 Å². The molecule has 128 valence electrons. The highest BCUT2D eigenvalue weighted by atomic mass is 32.2. The highest BCUT2D eigenvalue weighted by Crippen LogP contribution is 2.22. The Morgan fingerprint density at radius 1 is 1.29 bits per heavy atom. The Bertz CT molecular complexity index is 847. The molecule has 2 heterocycles. The molecular weight excluding hydrogens is 330 g/mol. The Morgan fingerprint density at radius 3 is 2.71 bits per heavy atom. The molecule has 8 heteroatoms. The van der Waals surface area contributed by atoms with Crippen LogP contribution in [-0.2, 0) is 19.6 Å². The fraction of sp³-hybridized carbons (Fsp3) is 0.375. The first-order valence-corrected chi connectivity index (χ1v) is 9.48. The van der Waals surface area contributed by atoms with E-state index in [4.69, 9.17) is 4.74 Å². The number of fused-ring (bicyclic) bond motifs is 1. The second-order valence-electron chi connectivity index (χ2n) is 5.65. The maximum absolute atomic E-state index is 12.4. The first-order chi connectivity index (χ1) is 11.4. The van der Waals surface area contributed by atoms with Crippen molar-refractivity contribution in [1.82, 2.24) is 9.88 Å². The average molecular weight is 349 g/mol. The molecular formula is C16H19N3O4S. The minimum absolute atomic E-state index is 0.237. The van der Waals surface area contributed by atoms with Crippen LogP contribution < -0.4 is 4.31 Å². The zero-order valence-electron chi connectivity index (χ0n) is 13.4. The minimum atomic E-state index is -3.61. The number of aromatic nitrogens is 1. The summed E-state index contributed by atoms with van der Waals surface area (Å²) in [6.45, 7) is 1.67. The van der Waals surface area contributed by atoms with E-state index in [1.54, 1.807) is 11.0 Å². The van der Waals surface area contributed by atoms with Gasteiger partial charge in [0.25, 0.3) is 0 Å². The molecule has 24 heavy (non-hydrogen) atoms. The lowest BCUT2D eigenvalue weighted by atomic mass is 10.2. The lowest BCUT2D eigenvalue weighted by Gasteiger charge is -2.30. The van der Waals surface area contributed by atoms with Gasteiger partial charge in [0.2, 0.25) is 15.9 Å². The van der Waals surface area contributed by atoms with Crippen LogP contribution in [0.15, 0.2) is 36.5 Å². The van der Waals surface area contributed by atoms with Crippen LogP contribution in [0.2, 0.25) is 0 Å². The Kier molecular flexibility index (Phi) is 4.68. The molecule has 1 aromatic heterocycles. The average Bonchev–Trinajstić information content (AvgIpc) is 2.59. The van der Waals surface area contributed by atoms with Crippen molar-refractivity contribution >= 4 is 32.5 Å². The van der Waals surface area contributed by atoms with Crippen LogP contribution in [-0.4, -0.2) is 63.3 Å². The largest absolute Gasteiger partial charge is 0.378 e. The van der Waals surface area contributed by atoms with E-state index < -0.39 is 10.0 Å². The summed E-state index contributed by atoms with van der Waals surface area (Å²) in [4.78, 5) is 18.3. The van der Waals surface area contributed by atoms with Crippen LogP contribution in [0.4, 0.5) is 5.69 Å². The number of ether oxygens (including phenoxy) is 1. The van der Waals surface area contributed by atoms with Crippen LogP contribution in [0.25, 0.3) is 10.9 Å². The number of carbonyl (C=O) groups excluding carboxylic acids is 1. The molecule has 0 spiro atoms. The van der Waals surface area contributed by atoms with Gasteiger partial charge in [-0.25, -0.2) is 8.42 Å². The molecule has 2 aromatic rings. The predicted molar refractivity (Wildman–Crippen MR) is 91.3 cm³/mol. The van der Waals surface area contributed by atoms with Crippen molar-refractivity contribution in [2.45, 2.75) is 0 Å². The molecule has 1 amide bonds. The number of para-hydroxylation sites is 1. The number of anilines is 1. The summed E-state index contributed by atoms with van der Waals surface area (Å²) in [5.74, 6) is -0.239. The van der Waals surface area contributed by atoms with E-state index in [9.17, 15) is 13.2 Å². The first-order valence-electron chi connectivity index (χ1n) is 7.63. The van der Waals surface area contributed by atoms with Gasteiger partial charge in [-0.3, -0.25) is 14.1 Å². The molecule has 1 aliphatic rings. The van der Waals surface area contributed by atoms with Gasteiger partial charge in [-0.1, -0.05) is 18.2 Å². The SMILES string of the molecule is CS(=O)(=O)N(CC(=O)N1CCOCC1)c1cnc2ccccc2c1. The van der Waals surface area contributed by atoms with Crippen molar-refractivity contribution in [2.24, 2.45) is 0 Å². The van der Waals surface area contributed by atoms with Gasteiger partial charge in [-0.05, 0) is 12.1 Å². The number of hydrogen-bond donors (Lipinski definition) is 0. The van der Waals surface area contributed by atoms with Crippen molar-refractivity contribution in [3.63, 3.8) is 0 Å². The summed E-state index contributed by atoms with van der Waals surface area (Å²) >= 11 is 0. The van der Waals surface area contributed by atoms with Crippen molar-refractivity contribution in [3.8, 4) is 0 Å². The van der Waals surface area contributed by atoms with E-state index in [1.807, 2.05) is 24.3 Å². The van der Waals surface area contributed by atoms with E-state index >= 15 is 0 Å². The van der Waals surface area contributed by atoms with Gasteiger partial charge >= 0.3 is 0 Å². The van der Waals surface area contributed by atoms with Gasteiger partial charge in [0, 0.05) is 18.5 Å². The lowest BCUT2D eigenvalue weighted by Crippen LogP contribution is -2.47. The standard InChI is InChI=1S/C16H19N3O4S/c1-24(21,22)19(12-16(20)18-6-8-23-9-7-18)14-10-13-4-2-3-5-15(13)17-11-14/h2-5,10-11H,6-9,12H2,1H3. The van der Waals surface area contributed by atoms with Gasteiger partial charge in [-0.15, -0.1) is 0 Å². The summed E-state index contributed by atoms with van der Waals surface area (Å²) in [5, 5.41) is 0.822. The predicted octanol–water partition coefficient (Wildman–Crippen LogP) is 0.860. The molecule has 1 saturated heterocycles. The number of hydrogen-bond acceptors (Lipinski definition) is 5. The van der Waals surface area contributed by atoms with Crippen LogP contribution in [0.5, 0.6) is 0 Å². The molecule has 0 N–H and O–H groups in total. The second-order valence-corrected chi connectivity index (χ2v) is 7.56. The quantitative estimate of drug-likeness (QED) is 0.818. The van der Waals surface area contributed by atoms with Crippen molar-refractivity contribution in [1.29, 1.82) is 0 Å². The smallest absolute Gasteiger partial charge is 0.243 e. The molecule has 7 nitrogen and oxygen atoms in total. The number of carbonyl (C=O) groups is 1. The number of sulfonamides is 1. The van der Waals surface area contributed by atoms with E-state index in [-0.39, 0.29) is 12.5 Å². The summed E-state index contributed by atoms with van der Waals surface area (Å²) in [6.07, 6.45) is 2.57. The second kappa shape index (κ2) is 6.74. The van der Waals surface area contributed by atoms with Gasteiger partial charge in [-0.2, -0.15) is 0 Å². The normalized spacial score (nSPS) is 15.5. The zero-order valence-corrected chi connectivity index (χ0v) is 14.2. The van der Waals surface area contributed by atoms with Gasteiger partial charge in [0.1, 0.15) is 6.54 Å². The van der Waals surface area contributed by atoms with Crippen LogP contribution in [0.1, 0.15) is 0 Å². The van der Waals surface area contributed by atoms with Gasteiger partial charge in [0.05, 0.1) is 36.9 Å². The van der Waals surface area contributed by atoms with Crippen molar-refractivity contribution in [3.05, 3.63) is 36.5 Å². The summed E-state index contributed by atoms with van der Waals surface area (Å²) in [6, 6.07) is 9.16. The molecule has 3 rings (SSSR count). The van der Waals surface area contributed by atoms with E-state index in [0.29, 0.717) is 32.0 Å². The molecule has 0 unspecified atom stereocenters. The van der Waals surface area contributed by atoms with E-state index in [0.717, 1.165) is 21.5 Å². The Morgan fingerprint density at radius 2 is 2.00 bits per heavy atom. The number of rotatable bonds is 4. The summed E-state index contributed by atoms with van der Waals surface area (Å²) in [7, 11) is -3.61. The first kappa shape index (κ1) is 16.7. The van der Waals surface area contributed by atoms with Crippen molar-refractivity contribution < 1.29 is 17.9 Å². The maximum Gasteiger partial charge on any atom is 0.243 e.